The second-order valence-electron chi connectivity index (χ2n) is 6.05. The third kappa shape index (κ3) is 4.92. The molecule has 3 N–H and O–H groups in total. The molecule has 25 heavy (non-hydrogen) atoms. The van der Waals surface area contributed by atoms with Crippen molar-refractivity contribution in [2.24, 2.45) is 5.73 Å². The largest absolute Gasteiger partial charge is 0.326 e. The smallest absolute Gasteiger partial charge is 0.238 e. The molecule has 0 bridgehead atoms. The molecule has 1 heterocycles. The highest BCUT2D eigenvalue weighted by Gasteiger charge is 2.32. The Kier molecular flexibility index (Phi) is 6.79. The van der Waals surface area contributed by atoms with E-state index in [1.807, 2.05) is 23.1 Å². The van der Waals surface area contributed by atoms with Crippen LogP contribution in [0.2, 0.25) is 5.02 Å². The highest BCUT2D eigenvalue weighted by molar-refractivity contribution is 6.30. The van der Waals surface area contributed by atoms with E-state index in [1.165, 1.54) is 23.8 Å². The molecule has 0 aromatic heterocycles. The molecule has 1 aliphatic rings. The Hall–Kier alpha value is -1.66. The minimum absolute atomic E-state index is 0. The van der Waals surface area contributed by atoms with E-state index in [0.29, 0.717) is 18.1 Å². The van der Waals surface area contributed by atoms with Crippen LogP contribution in [0.1, 0.15) is 11.5 Å². The van der Waals surface area contributed by atoms with Crippen molar-refractivity contribution in [2.45, 2.75) is 12.0 Å². The van der Waals surface area contributed by atoms with Crippen molar-refractivity contribution in [3.05, 3.63) is 64.9 Å². The molecule has 2 aromatic rings. The van der Waals surface area contributed by atoms with Gasteiger partial charge >= 0.3 is 0 Å². The van der Waals surface area contributed by atoms with E-state index >= 15 is 0 Å². The number of carbonyl (C=O) groups is 1. The molecule has 1 fully saturated rings. The van der Waals surface area contributed by atoms with E-state index in [9.17, 15) is 9.18 Å². The molecule has 2 atom stereocenters. The zero-order valence-corrected chi connectivity index (χ0v) is 15.1. The first-order valence-corrected chi connectivity index (χ1v) is 8.18. The highest BCUT2D eigenvalue weighted by atomic mass is 35.5. The van der Waals surface area contributed by atoms with Gasteiger partial charge in [-0.15, -0.1) is 12.4 Å². The lowest BCUT2D eigenvalue weighted by molar-refractivity contribution is -0.117. The molecule has 2 aromatic carbocycles. The summed E-state index contributed by atoms with van der Waals surface area (Å²) in [4.78, 5) is 14.2. The molecule has 7 heteroatoms. The molecule has 0 saturated carbocycles. The van der Waals surface area contributed by atoms with E-state index in [1.54, 1.807) is 0 Å². The number of halogens is 3. The summed E-state index contributed by atoms with van der Waals surface area (Å²) in [7, 11) is 0. The molecular weight excluding hydrogens is 364 g/mol. The summed E-state index contributed by atoms with van der Waals surface area (Å²) in [6.45, 7) is 1.50. The first kappa shape index (κ1) is 19.7. The predicted molar refractivity (Wildman–Crippen MR) is 101 cm³/mol. The van der Waals surface area contributed by atoms with Crippen LogP contribution in [0, 0.1) is 5.82 Å². The fourth-order valence-electron chi connectivity index (χ4n) is 3.08. The van der Waals surface area contributed by atoms with Gasteiger partial charge in [-0.1, -0.05) is 41.9 Å². The van der Waals surface area contributed by atoms with Gasteiger partial charge in [0, 0.05) is 30.1 Å². The van der Waals surface area contributed by atoms with Crippen LogP contribution in [0.5, 0.6) is 0 Å². The maximum absolute atomic E-state index is 13.7. The topological polar surface area (TPSA) is 58.4 Å². The molecule has 1 amide bonds. The Bertz CT molecular complexity index is 730. The summed E-state index contributed by atoms with van der Waals surface area (Å²) in [5, 5.41) is 2.94. The lowest BCUT2D eigenvalue weighted by Gasteiger charge is -2.16. The number of nitrogens with one attached hydrogen (secondary N) is 1. The average molecular weight is 384 g/mol. The molecule has 0 spiro atoms. The van der Waals surface area contributed by atoms with Crippen molar-refractivity contribution in [3.8, 4) is 0 Å². The number of carbonyl (C=O) groups excluding carboxylic acids is 1. The van der Waals surface area contributed by atoms with Crippen LogP contribution in [-0.2, 0) is 4.79 Å². The molecule has 1 aliphatic heterocycles. The average Bonchev–Trinajstić information content (AvgIpc) is 2.92. The summed E-state index contributed by atoms with van der Waals surface area (Å²) >= 11 is 5.83. The molecule has 1 saturated heterocycles. The zero-order chi connectivity index (χ0) is 17.1. The van der Waals surface area contributed by atoms with Crippen LogP contribution in [0.25, 0.3) is 0 Å². The number of amides is 1. The number of hydrogen-bond donors (Lipinski definition) is 2. The SMILES string of the molecule is Cl.N[C@@H]1CN(CC(=O)Nc2cc(Cl)ccc2F)C[C@H]1c1ccccc1. The Labute approximate surface area is 157 Å². The highest BCUT2D eigenvalue weighted by Crippen LogP contribution is 2.26. The Morgan fingerprint density at radius 3 is 2.68 bits per heavy atom. The van der Waals surface area contributed by atoms with Crippen molar-refractivity contribution in [1.82, 2.24) is 4.90 Å². The third-order valence-electron chi connectivity index (χ3n) is 4.24. The van der Waals surface area contributed by atoms with E-state index in [0.717, 1.165) is 0 Å². The maximum atomic E-state index is 13.7. The number of benzene rings is 2. The molecule has 3 rings (SSSR count). The normalized spacial score (nSPS) is 20.1. The minimum atomic E-state index is -0.506. The van der Waals surface area contributed by atoms with Gasteiger partial charge in [-0.2, -0.15) is 0 Å². The van der Waals surface area contributed by atoms with Crippen LogP contribution in [-0.4, -0.2) is 36.5 Å². The van der Waals surface area contributed by atoms with Crippen LogP contribution >= 0.6 is 24.0 Å². The molecule has 0 unspecified atom stereocenters. The first-order chi connectivity index (χ1) is 11.5. The summed E-state index contributed by atoms with van der Waals surface area (Å²) < 4.78 is 13.7. The Morgan fingerprint density at radius 1 is 1.24 bits per heavy atom. The van der Waals surface area contributed by atoms with Gasteiger partial charge < -0.3 is 11.1 Å². The van der Waals surface area contributed by atoms with E-state index < -0.39 is 5.82 Å². The van der Waals surface area contributed by atoms with Crippen LogP contribution in [0.15, 0.2) is 48.5 Å². The van der Waals surface area contributed by atoms with Gasteiger partial charge in [0.05, 0.1) is 12.2 Å². The third-order valence-corrected chi connectivity index (χ3v) is 4.47. The summed E-state index contributed by atoms with van der Waals surface area (Å²) in [5.74, 6) is -0.591. The second kappa shape index (κ2) is 8.63. The monoisotopic (exact) mass is 383 g/mol. The quantitative estimate of drug-likeness (QED) is 0.851. The second-order valence-corrected chi connectivity index (χ2v) is 6.48. The minimum Gasteiger partial charge on any atom is -0.326 e. The number of nitrogens with zero attached hydrogens (tertiary/aromatic N) is 1. The fraction of sp³-hybridized carbons (Fsp3) is 0.278. The van der Waals surface area contributed by atoms with Gasteiger partial charge in [-0.05, 0) is 23.8 Å². The summed E-state index contributed by atoms with van der Waals surface area (Å²) in [5.41, 5.74) is 7.49. The van der Waals surface area contributed by atoms with Crippen LogP contribution in [0.3, 0.4) is 0 Å². The van der Waals surface area contributed by atoms with Crippen molar-refractivity contribution in [2.75, 3.05) is 25.0 Å². The number of likely N-dealkylation sites (tertiary alicyclic amines) is 1. The van der Waals surface area contributed by atoms with Gasteiger partial charge in [0.1, 0.15) is 5.82 Å². The number of nitrogens with two attached hydrogens (primary N) is 1. The predicted octanol–water partition coefficient (Wildman–Crippen LogP) is 3.27. The first-order valence-electron chi connectivity index (χ1n) is 7.80. The lowest BCUT2D eigenvalue weighted by Crippen LogP contribution is -2.33. The summed E-state index contributed by atoms with van der Waals surface area (Å²) in [6.07, 6.45) is 0. The van der Waals surface area contributed by atoms with E-state index in [-0.39, 0.29) is 42.5 Å². The molecule has 4 nitrogen and oxygen atoms in total. The van der Waals surface area contributed by atoms with Crippen molar-refractivity contribution in [1.29, 1.82) is 0 Å². The standard InChI is InChI=1S/C18H19ClFN3O.ClH/c19-13-6-7-15(20)17(8-13)22-18(24)11-23-9-14(16(21)10-23)12-4-2-1-3-5-12;/h1-8,14,16H,9-11,21H2,(H,22,24);1H/t14-,16+;/m0./s1. The van der Waals surface area contributed by atoms with Crippen molar-refractivity contribution in [3.63, 3.8) is 0 Å². The van der Waals surface area contributed by atoms with E-state index in [4.69, 9.17) is 17.3 Å². The van der Waals surface area contributed by atoms with Crippen molar-refractivity contribution < 1.29 is 9.18 Å². The Morgan fingerprint density at radius 2 is 1.96 bits per heavy atom. The molecule has 0 radical (unpaired) electrons. The molecule has 134 valence electrons. The van der Waals surface area contributed by atoms with E-state index in [2.05, 4.69) is 17.4 Å². The number of hydrogen-bond acceptors (Lipinski definition) is 3. The van der Waals surface area contributed by atoms with Crippen LogP contribution < -0.4 is 11.1 Å². The van der Waals surface area contributed by atoms with Crippen LogP contribution in [0.4, 0.5) is 10.1 Å². The van der Waals surface area contributed by atoms with Gasteiger partial charge in [0.15, 0.2) is 0 Å². The Balaban J connectivity index is 0.00000225. The molecule has 0 aliphatic carbocycles. The number of rotatable bonds is 4. The number of anilines is 1. The van der Waals surface area contributed by atoms with Gasteiger partial charge in [0.2, 0.25) is 5.91 Å². The maximum Gasteiger partial charge on any atom is 0.238 e. The zero-order valence-electron chi connectivity index (χ0n) is 13.5. The van der Waals surface area contributed by atoms with Gasteiger partial charge in [-0.3, -0.25) is 9.69 Å². The lowest BCUT2D eigenvalue weighted by atomic mass is 9.95. The van der Waals surface area contributed by atoms with Crippen molar-refractivity contribution >= 4 is 35.6 Å². The summed E-state index contributed by atoms with van der Waals surface area (Å²) in [6, 6.07) is 14.1. The van der Waals surface area contributed by atoms with Gasteiger partial charge in [-0.25, -0.2) is 4.39 Å². The molecular formula is C18H20Cl2FN3O. The van der Waals surface area contributed by atoms with Gasteiger partial charge in [0.25, 0.3) is 0 Å². The fourth-order valence-corrected chi connectivity index (χ4v) is 3.25.